The van der Waals surface area contributed by atoms with Crippen molar-refractivity contribution in [2.24, 2.45) is 0 Å². The monoisotopic (exact) mass is 431 g/mol. The highest BCUT2D eigenvalue weighted by Crippen LogP contribution is 2.33. The van der Waals surface area contributed by atoms with Crippen molar-refractivity contribution in [2.45, 2.75) is 39.5 Å². The van der Waals surface area contributed by atoms with Gasteiger partial charge in [-0.25, -0.2) is 0 Å². The van der Waals surface area contributed by atoms with Gasteiger partial charge >= 0.3 is 0 Å². The summed E-state index contributed by atoms with van der Waals surface area (Å²) in [6, 6.07) is 18.3. The number of aryl methyl sites for hydroxylation is 1. The van der Waals surface area contributed by atoms with Gasteiger partial charge in [0.15, 0.2) is 0 Å². The fourth-order valence-electron chi connectivity index (χ4n) is 4.56. The molecule has 0 bridgehead atoms. The van der Waals surface area contributed by atoms with Crippen LogP contribution in [0.1, 0.15) is 43.7 Å². The number of imide groups is 1. The van der Waals surface area contributed by atoms with Gasteiger partial charge in [0.2, 0.25) is 0 Å². The summed E-state index contributed by atoms with van der Waals surface area (Å²) in [5.74, 6) is -0.272. The van der Waals surface area contributed by atoms with Gasteiger partial charge in [-0.05, 0) is 31.0 Å². The second-order valence-corrected chi connectivity index (χ2v) is 8.72. The Hall–Kier alpha value is -3.08. The van der Waals surface area contributed by atoms with E-state index in [4.69, 9.17) is 0 Å². The molecule has 2 heterocycles. The Morgan fingerprint density at radius 1 is 0.750 bits per heavy atom. The van der Waals surface area contributed by atoms with E-state index in [0.29, 0.717) is 17.8 Å². The molecule has 1 saturated heterocycles. The molecule has 2 amide bonds. The van der Waals surface area contributed by atoms with Gasteiger partial charge in [-0.2, -0.15) is 0 Å². The molecular weight excluding hydrogens is 398 g/mol. The molecule has 2 aromatic rings. The first-order valence-corrected chi connectivity index (χ1v) is 11.8. The number of anilines is 1. The predicted molar refractivity (Wildman–Crippen MR) is 129 cm³/mol. The van der Waals surface area contributed by atoms with Crippen LogP contribution in [0.4, 0.5) is 5.69 Å². The molecule has 0 saturated carbocycles. The van der Waals surface area contributed by atoms with Crippen molar-refractivity contribution in [1.29, 1.82) is 0 Å². The van der Waals surface area contributed by atoms with Gasteiger partial charge in [0, 0.05) is 38.4 Å². The van der Waals surface area contributed by atoms with Crippen molar-refractivity contribution >= 4 is 23.1 Å². The van der Waals surface area contributed by atoms with Crippen LogP contribution in [-0.4, -0.2) is 54.3 Å². The molecule has 0 radical (unpaired) electrons. The topological polar surface area (TPSA) is 43.9 Å². The SMILES string of the molecule is CCCCCCN1C(=O)C(c2ccc(C)cc2)=C(N2CCN(c3ccccc3)CC2)C1=O. The van der Waals surface area contributed by atoms with Crippen LogP contribution in [0.5, 0.6) is 0 Å². The maximum absolute atomic E-state index is 13.5. The second kappa shape index (κ2) is 10.0. The Labute approximate surface area is 191 Å². The van der Waals surface area contributed by atoms with Crippen LogP contribution in [0.15, 0.2) is 60.3 Å². The molecule has 0 spiro atoms. The van der Waals surface area contributed by atoms with Crippen LogP contribution in [0.3, 0.4) is 0 Å². The Morgan fingerprint density at radius 3 is 2.06 bits per heavy atom. The molecule has 2 aromatic carbocycles. The number of carbonyl (C=O) groups is 2. The summed E-state index contributed by atoms with van der Waals surface area (Å²) in [6.45, 7) is 7.80. The minimum Gasteiger partial charge on any atom is -0.368 e. The van der Waals surface area contributed by atoms with E-state index < -0.39 is 0 Å². The standard InChI is InChI=1S/C27H33N3O2/c1-3-4-5-9-16-30-26(31)24(22-14-12-21(2)13-15-22)25(27(30)32)29-19-17-28(18-20-29)23-10-7-6-8-11-23/h6-8,10-15H,3-5,9,16-20H2,1-2H3. The first-order valence-electron chi connectivity index (χ1n) is 11.8. The van der Waals surface area contributed by atoms with E-state index in [1.165, 1.54) is 10.6 Å². The summed E-state index contributed by atoms with van der Waals surface area (Å²) >= 11 is 0. The summed E-state index contributed by atoms with van der Waals surface area (Å²) in [4.78, 5) is 32.8. The van der Waals surface area contributed by atoms with Gasteiger partial charge in [0.25, 0.3) is 11.8 Å². The van der Waals surface area contributed by atoms with Crippen LogP contribution in [0.2, 0.25) is 0 Å². The van der Waals surface area contributed by atoms with Crippen LogP contribution in [-0.2, 0) is 9.59 Å². The number of carbonyl (C=O) groups excluding carboxylic acids is 2. The fourth-order valence-corrected chi connectivity index (χ4v) is 4.56. The molecular formula is C27H33N3O2. The molecule has 32 heavy (non-hydrogen) atoms. The van der Waals surface area contributed by atoms with E-state index in [0.717, 1.165) is 63.0 Å². The van der Waals surface area contributed by atoms with E-state index in [9.17, 15) is 9.59 Å². The highest BCUT2D eigenvalue weighted by Gasteiger charge is 2.41. The minimum absolute atomic E-state index is 0.129. The molecule has 0 aromatic heterocycles. The highest BCUT2D eigenvalue weighted by atomic mass is 16.2. The smallest absolute Gasteiger partial charge is 0.277 e. The number of rotatable bonds is 8. The lowest BCUT2D eigenvalue weighted by Gasteiger charge is -2.37. The van der Waals surface area contributed by atoms with E-state index >= 15 is 0 Å². The number of hydrogen-bond donors (Lipinski definition) is 0. The first-order chi connectivity index (χ1) is 15.6. The van der Waals surface area contributed by atoms with E-state index in [-0.39, 0.29) is 11.8 Å². The zero-order chi connectivity index (χ0) is 22.5. The summed E-state index contributed by atoms with van der Waals surface area (Å²) in [7, 11) is 0. The van der Waals surface area contributed by atoms with E-state index in [1.54, 1.807) is 0 Å². The van der Waals surface area contributed by atoms with Gasteiger partial charge in [-0.3, -0.25) is 14.5 Å². The number of hydrogen-bond acceptors (Lipinski definition) is 4. The third-order valence-electron chi connectivity index (χ3n) is 6.44. The van der Waals surface area contributed by atoms with E-state index in [2.05, 4.69) is 41.0 Å². The Kier molecular flexibility index (Phi) is 6.93. The molecule has 168 valence electrons. The molecule has 0 atom stereocenters. The third kappa shape index (κ3) is 4.57. The van der Waals surface area contributed by atoms with Crippen molar-refractivity contribution < 1.29 is 9.59 Å². The van der Waals surface area contributed by atoms with Crippen molar-refractivity contribution in [1.82, 2.24) is 9.80 Å². The summed E-state index contributed by atoms with van der Waals surface area (Å²) in [5, 5.41) is 0. The lowest BCUT2D eigenvalue weighted by molar-refractivity contribution is -0.137. The Balaban J connectivity index is 1.57. The molecule has 4 rings (SSSR count). The Morgan fingerprint density at radius 2 is 1.41 bits per heavy atom. The average Bonchev–Trinajstić information content (AvgIpc) is 3.07. The van der Waals surface area contributed by atoms with Crippen LogP contribution < -0.4 is 4.90 Å². The number of nitrogens with zero attached hydrogens (tertiary/aromatic N) is 3. The highest BCUT2D eigenvalue weighted by molar-refractivity contribution is 6.35. The third-order valence-corrected chi connectivity index (χ3v) is 6.44. The van der Waals surface area contributed by atoms with Gasteiger partial charge in [0.1, 0.15) is 5.70 Å². The van der Waals surface area contributed by atoms with Crippen LogP contribution in [0, 0.1) is 6.92 Å². The summed E-state index contributed by atoms with van der Waals surface area (Å²) < 4.78 is 0. The minimum atomic E-state index is -0.143. The zero-order valence-corrected chi connectivity index (χ0v) is 19.2. The van der Waals surface area contributed by atoms with Gasteiger partial charge in [-0.15, -0.1) is 0 Å². The van der Waals surface area contributed by atoms with Gasteiger partial charge in [-0.1, -0.05) is 74.2 Å². The number of amides is 2. The average molecular weight is 432 g/mol. The first kappa shape index (κ1) is 22.1. The molecule has 5 nitrogen and oxygen atoms in total. The normalized spacial score (nSPS) is 17.0. The molecule has 0 unspecified atom stereocenters. The van der Waals surface area contributed by atoms with Crippen molar-refractivity contribution in [3.8, 4) is 0 Å². The quantitative estimate of drug-likeness (QED) is 0.457. The maximum atomic E-state index is 13.5. The second-order valence-electron chi connectivity index (χ2n) is 8.72. The summed E-state index contributed by atoms with van der Waals surface area (Å²) in [5.41, 5.74) is 4.33. The maximum Gasteiger partial charge on any atom is 0.277 e. The van der Waals surface area contributed by atoms with Gasteiger partial charge < -0.3 is 9.80 Å². The molecule has 1 fully saturated rings. The Bertz CT molecular complexity index is 974. The number of piperazine rings is 1. The van der Waals surface area contributed by atoms with Crippen molar-refractivity contribution in [3.05, 3.63) is 71.4 Å². The van der Waals surface area contributed by atoms with Crippen LogP contribution >= 0.6 is 0 Å². The molecule has 2 aliphatic rings. The largest absolute Gasteiger partial charge is 0.368 e. The lowest BCUT2D eigenvalue weighted by Crippen LogP contribution is -2.47. The zero-order valence-electron chi connectivity index (χ0n) is 19.2. The predicted octanol–water partition coefficient (Wildman–Crippen LogP) is 4.48. The van der Waals surface area contributed by atoms with Gasteiger partial charge in [0.05, 0.1) is 5.57 Å². The number of unbranched alkanes of at least 4 members (excludes halogenated alkanes) is 3. The molecule has 0 aliphatic carbocycles. The van der Waals surface area contributed by atoms with Crippen molar-refractivity contribution in [2.75, 3.05) is 37.6 Å². The van der Waals surface area contributed by atoms with Crippen molar-refractivity contribution in [3.63, 3.8) is 0 Å². The summed E-state index contributed by atoms with van der Waals surface area (Å²) in [6.07, 6.45) is 4.16. The fraction of sp³-hybridized carbons (Fsp3) is 0.407. The number of para-hydroxylation sites is 1. The lowest BCUT2D eigenvalue weighted by atomic mass is 10.0. The number of benzene rings is 2. The molecule has 2 aliphatic heterocycles. The molecule has 5 heteroatoms. The molecule has 0 N–H and O–H groups in total. The van der Waals surface area contributed by atoms with E-state index in [1.807, 2.05) is 37.3 Å². The van der Waals surface area contributed by atoms with Crippen LogP contribution in [0.25, 0.3) is 5.57 Å².